The van der Waals surface area contributed by atoms with E-state index in [-0.39, 0.29) is 36.9 Å². The number of rotatable bonds is 5. The van der Waals surface area contributed by atoms with Gasteiger partial charge in [-0.2, -0.15) is 0 Å². The number of amides is 2. The third-order valence-electron chi connectivity index (χ3n) is 5.79. The molecule has 0 atom stereocenters. The molecule has 0 bridgehead atoms. The van der Waals surface area contributed by atoms with Crippen LogP contribution in [0.2, 0.25) is 0 Å². The Hall–Kier alpha value is -3.75. The van der Waals surface area contributed by atoms with Crippen LogP contribution in [0.4, 0.5) is 0 Å². The second kappa shape index (κ2) is 9.17. The summed E-state index contributed by atoms with van der Waals surface area (Å²) in [5, 5.41) is 0.409. The number of fused-ring (bicyclic) bond motifs is 1. The van der Waals surface area contributed by atoms with Crippen LogP contribution in [0.15, 0.2) is 58.3 Å². The minimum Gasteiger partial charge on any atom is -0.339 e. The summed E-state index contributed by atoms with van der Waals surface area (Å²) in [5.74, 6) is -0.233. The van der Waals surface area contributed by atoms with Gasteiger partial charge >= 0.3 is 5.69 Å². The van der Waals surface area contributed by atoms with Crippen LogP contribution in [0.3, 0.4) is 0 Å². The van der Waals surface area contributed by atoms with Gasteiger partial charge < -0.3 is 9.80 Å². The monoisotopic (exact) mass is 435 g/mol. The molecule has 0 unspecified atom stereocenters. The van der Waals surface area contributed by atoms with Gasteiger partial charge in [-0.15, -0.1) is 0 Å². The minimum atomic E-state index is -0.492. The second-order valence-corrected chi connectivity index (χ2v) is 7.69. The molecule has 3 heterocycles. The quantitative estimate of drug-likeness (QED) is 0.581. The van der Waals surface area contributed by atoms with Gasteiger partial charge in [0.25, 0.3) is 5.56 Å². The van der Waals surface area contributed by atoms with Crippen molar-refractivity contribution in [3.05, 3.63) is 75.2 Å². The lowest BCUT2D eigenvalue weighted by molar-refractivity contribution is -0.139. The Balaban J connectivity index is 1.46. The smallest absolute Gasteiger partial charge is 0.331 e. The molecule has 2 aromatic heterocycles. The van der Waals surface area contributed by atoms with E-state index < -0.39 is 5.69 Å². The van der Waals surface area contributed by atoms with Gasteiger partial charge in [-0.3, -0.25) is 28.5 Å². The number of aromatic nitrogens is 3. The third-order valence-corrected chi connectivity index (χ3v) is 5.79. The molecular weight excluding hydrogens is 410 g/mol. The van der Waals surface area contributed by atoms with Crippen molar-refractivity contribution in [1.29, 1.82) is 0 Å². The van der Waals surface area contributed by atoms with Gasteiger partial charge in [0.2, 0.25) is 11.8 Å². The normalized spacial score (nSPS) is 14.0. The van der Waals surface area contributed by atoms with Crippen molar-refractivity contribution < 1.29 is 9.59 Å². The summed E-state index contributed by atoms with van der Waals surface area (Å²) < 4.78 is 2.50. The van der Waals surface area contributed by atoms with Gasteiger partial charge in [0.1, 0.15) is 6.54 Å². The van der Waals surface area contributed by atoms with E-state index in [1.807, 2.05) is 12.1 Å². The Morgan fingerprint density at radius 1 is 0.875 bits per heavy atom. The van der Waals surface area contributed by atoms with E-state index in [9.17, 15) is 19.2 Å². The highest BCUT2D eigenvalue weighted by Gasteiger charge is 2.25. The Morgan fingerprint density at radius 2 is 1.53 bits per heavy atom. The van der Waals surface area contributed by atoms with E-state index in [2.05, 4.69) is 4.98 Å². The van der Waals surface area contributed by atoms with E-state index in [1.54, 1.807) is 53.3 Å². The molecule has 32 heavy (non-hydrogen) atoms. The van der Waals surface area contributed by atoms with Gasteiger partial charge in [0, 0.05) is 44.6 Å². The van der Waals surface area contributed by atoms with Crippen molar-refractivity contribution in [1.82, 2.24) is 23.9 Å². The molecule has 1 aliphatic rings. The molecule has 1 fully saturated rings. The topological polar surface area (TPSA) is 97.5 Å². The average Bonchev–Trinajstić information content (AvgIpc) is 2.82. The fourth-order valence-electron chi connectivity index (χ4n) is 4.01. The number of nitrogens with zero attached hydrogens (tertiary/aromatic N) is 5. The molecule has 1 saturated heterocycles. The molecular formula is C23H25N5O4. The van der Waals surface area contributed by atoms with E-state index in [0.29, 0.717) is 42.8 Å². The van der Waals surface area contributed by atoms with Crippen molar-refractivity contribution in [2.75, 3.05) is 26.2 Å². The summed E-state index contributed by atoms with van der Waals surface area (Å²) >= 11 is 0. The zero-order valence-corrected chi connectivity index (χ0v) is 17.9. The summed E-state index contributed by atoms with van der Waals surface area (Å²) in [6.07, 6.45) is 1.89. The number of carbonyl (C=O) groups is 2. The molecule has 166 valence electrons. The van der Waals surface area contributed by atoms with Gasteiger partial charge in [-0.25, -0.2) is 4.79 Å². The maximum Gasteiger partial charge on any atom is 0.331 e. The summed E-state index contributed by atoms with van der Waals surface area (Å²) in [7, 11) is 0. The van der Waals surface area contributed by atoms with Gasteiger partial charge in [-0.05, 0) is 31.2 Å². The predicted molar refractivity (Wildman–Crippen MR) is 119 cm³/mol. The molecule has 2 amide bonds. The number of hydrogen-bond donors (Lipinski definition) is 0. The molecule has 0 aliphatic carbocycles. The first-order valence-corrected chi connectivity index (χ1v) is 10.7. The lowest BCUT2D eigenvalue weighted by Crippen LogP contribution is -2.52. The highest BCUT2D eigenvalue weighted by Crippen LogP contribution is 2.10. The number of piperazine rings is 1. The van der Waals surface area contributed by atoms with Crippen LogP contribution >= 0.6 is 0 Å². The summed E-state index contributed by atoms with van der Waals surface area (Å²) in [6.45, 7) is 3.46. The second-order valence-electron chi connectivity index (χ2n) is 7.69. The fraction of sp³-hybridized carbons (Fsp3) is 0.348. The van der Waals surface area contributed by atoms with Crippen molar-refractivity contribution >= 4 is 22.7 Å². The van der Waals surface area contributed by atoms with E-state index in [1.165, 1.54) is 4.57 Å². The minimum absolute atomic E-state index is 0.0203. The van der Waals surface area contributed by atoms with Crippen LogP contribution in [-0.2, 0) is 29.1 Å². The largest absolute Gasteiger partial charge is 0.339 e. The maximum atomic E-state index is 13.0. The Labute approximate surface area is 184 Å². The lowest BCUT2D eigenvalue weighted by Gasteiger charge is -2.35. The van der Waals surface area contributed by atoms with Crippen molar-refractivity contribution in [3.8, 4) is 0 Å². The third kappa shape index (κ3) is 4.18. The molecule has 1 aliphatic heterocycles. The number of carbonyl (C=O) groups excluding carboxylic acids is 2. The van der Waals surface area contributed by atoms with Gasteiger partial charge in [0.05, 0.1) is 17.3 Å². The first-order valence-electron chi connectivity index (χ1n) is 10.7. The number of pyridine rings is 1. The first kappa shape index (κ1) is 21.5. The number of hydrogen-bond acceptors (Lipinski definition) is 5. The molecule has 0 spiro atoms. The average molecular weight is 435 g/mol. The van der Waals surface area contributed by atoms with Gasteiger partial charge in [0.15, 0.2) is 0 Å². The van der Waals surface area contributed by atoms with Crippen molar-refractivity contribution in [2.45, 2.75) is 26.4 Å². The number of para-hydroxylation sites is 1. The Bertz CT molecular complexity index is 1260. The zero-order valence-electron chi connectivity index (χ0n) is 17.9. The lowest BCUT2D eigenvalue weighted by atomic mass is 10.2. The first-order chi connectivity index (χ1) is 15.5. The highest BCUT2D eigenvalue weighted by molar-refractivity contribution is 5.82. The van der Waals surface area contributed by atoms with Crippen molar-refractivity contribution in [2.24, 2.45) is 0 Å². The SMILES string of the molecule is CCn1c(=O)c2ccccc2n(CC(=O)N2CCN(C(=O)Cc3ccccn3)CC2)c1=O. The standard InChI is InChI=1S/C23H25N5O4/c1-2-27-22(31)18-8-3-4-9-19(18)28(23(27)32)16-21(30)26-13-11-25(12-14-26)20(29)15-17-7-5-6-10-24-17/h3-10H,2,11-16H2,1H3. The van der Waals surface area contributed by atoms with E-state index in [4.69, 9.17) is 0 Å². The van der Waals surface area contributed by atoms with E-state index in [0.717, 1.165) is 4.57 Å². The van der Waals surface area contributed by atoms with Crippen LogP contribution in [0.1, 0.15) is 12.6 Å². The molecule has 0 N–H and O–H groups in total. The molecule has 0 radical (unpaired) electrons. The van der Waals surface area contributed by atoms with Crippen LogP contribution in [-0.4, -0.2) is 61.9 Å². The maximum absolute atomic E-state index is 13.0. The summed E-state index contributed by atoms with van der Waals surface area (Å²) in [5.41, 5.74) is 0.323. The summed E-state index contributed by atoms with van der Waals surface area (Å²) in [4.78, 5) is 58.5. The summed E-state index contributed by atoms with van der Waals surface area (Å²) in [6, 6.07) is 12.3. The molecule has 9 nitrogen and oxygen atoms in total. The molecule has 9 heteroatoms. The van der Waals surface area contributed by atoms with Crippen LogP contribution in [0.5, 0.6) is 0 Å². The van der Waals surface area contributed by atoms with Crippen LogP contribution in [0, 0.1) is 0 Å². The van der Waals surface area contributed by atoms with Gasteiger partial charge in [-0.1, -0.05) is 18.2 Å². The van der Waals surface area contributed by atoms with Crippen LogP contribution in [0.25, 0.3) is 10.9 Å². The fourth-order valence-corrected chi connectivity index (χ4v) is 4.01. The molecule has 1 aromatic carbocycles. The molecule has 4 rings (SSSR count). The zero-order chi connectivity index (χ0) is 22.7. The molecule has 0 saturated carbocycles. The Kier molecular flexibility index (Phi) is 6.16. The van der Waals surface area contributed by atoms with E-state index >= 15 is 0 Å². The van der Waals surface area contributed by atoms with Crippen molar-refractivity contribution in [3.63, 3.8) is 0 Å². The Morgan fingerprint density at radius 3 is 2.19 bits per heavy atom. The molecule has 3 aromatic rings. The van der Waals surface area contributed by atoms with Crippen LogP contribution < -0.4 is 11.2 Å². The predicted octanol–water partition coefficient (Wildman–Crippen LogP) is 0.492. The highest BCUT2D eigenvalue weighted by atomic mass is 16.2. The number of benzene rings is 1.